The number of aromatic nitrogens is 1. The highest BCUT2D eigenvalue weighted by atomic mass is 32.2. The van der Waals surface area contributed by atoms with Crippen LogP contribution in [0.25, 0.3) is 0 Å². The number of hydrogen-bond acceptors (Lipinski definition) is 3. The van der Waals surface area contributed by atoms with Gasteiger partial charge in [-0.1, -0.05) is 6.92 Å². The van der Waals surface area contributed by atoms with Crippen LogP contribution in [0.5, 0.6) is 0 Å². The average molecular weight is 202 g/mol. The number of rotatable bonds is 2. The molecule has 1 aromatic heterocycles. The highest BCUT2D eigenvalue weighted by Gasteiger charge is 1.98. The van der Waals surface area contributed by atoms with Crippen LogP contribution in [-0.4, -0.2) is 21.2 Å². The topological polar surface area (TPSA) is 42.3 Å². The fourth-order valence-corrected chi connectivity index (χ4v) is 1.39. The zero-order chi connectivity index (χ0) is 9.90. The Morgan fingerprint density at radius 1 is 1.62 bits per heavy atom. The predicted molar refractivity (Wildman–Crippen MR) is 50.9 cm³/mol. The molecule has 3 nitrogen and oxygen atoms in total. The molecule has 0 aliphatic carbocycles. The number of hydrogen-bond donors (Lipinski definition) is 0. The van der Waals surface area contributed by atoms with Crippen LogP contribution in [0.2, 0.25) is 0 Å². The smallest absolute Gasteiger partial charge is 0.212 e. The van der Waals surface area contributed by atoms with Crippen molar-refractivity contribution < 1.29 is 8.60 Å². The molecule has 0 spiro atoms. The van der Waals surface area contributed by atoms with E-state index in [4.69, 9.17) is 0 Å². The van der Waals surface area contributed by atoms with E-state index in [0.717, 1.165) is 0 Å². The van der Waals surface area contributed by atoms with E-state index < -0.39 is 15.7 Å². The molecular formula is C8H11FN2OS. The van der Waals surface area contributed by atoms with E-state index in [0.29, 0.717) is 11.4 Å². The molecule has 1 rings (SSSR count). The number of pyridine rings is 1. The Bertz CT molecular complexity index is 393. The van der Waals surface area contributed by atoms with Crippen molar-refractivity contribution in [2.24, 2.45) is 4.36 Å². The molecule has 1 heterocycles. The molecule has 0 unspecified atom stereocenters. The molecule has 0 radical (unpaired) electrons. The quantitative estimate of drug-likeness (QED) is 0.688. The first-order valence-electron chi connectivity index (χ1n) is 3.85. The molecule has 0 fully saturated rings. The fourth-order valence-electron chi connectivity index (χ4n) is 0.710. The number of halogens is 1. The van der Waals surface area contributed by atoms with Gasteiger partial charge in [0.2, 0.25) is 5.95 Å². The van der Waals surface area contributed by atoms with E-state index in [2.05, 4.69) is 9.35 Å². The molecule has 0 aromatic carbocycles. The molecule has 0 aliphatic rings. The van der Waals surface area contributed by atoms with Crippen LogP contribution in [0, 0.1) is 5.95 Å². The van der Waals surface area contributed by atoms with Crippen molar-refractivity contribution in [2.75, 3.05) is 12.0 Å². The molecule has 1 atom stereocenters. The summed E-state index contributed by atoms with van der Waals surface area (Å²) in [6, 6.07) is 2.66. The molecule has 0 bridgehead atoms. The first kappa shape index (κ1) is 10.1. The van der Waals surface area contributed by atoms with Gasteiger partial charge >= 0.3 is 0 Å². The van der Waals surface area contributed by atoms with Crippen LogP contribution in [-0.2, 0) is 9.73 Å². The third kappa shape index (κ3) is 3.10. The zero-order valence-corrected chi connectivity index (χ0v) is 8.34. The highest BCUT2D eigenvalue weighted by Crippen LogP contribution is 2.12. The van der Waals surface area contributed by atoms with E-state index in [1.807, 2.05) is 0 Å². The SMILES string of the molecule is CC[S@](C)(=O)=Nc1ccc(F)nc1. The van der Waals surface area contributed by atoms with Gasteiger partial charge in [-0.25, -0.2) is 9.19 Å². The summed E-state index contributed by atoms with van der Waals surface area (Å²) in [6.45, 7) is 1.79. The van der Waals surface area contributed by atoms with Crippen molar-refractivity contribution in [2.45, 2.75) is 6.92 Å². The largest absolute Gasteiger partial charge is 0.250 e. The van der Waals surface area contributed by atoms with Crippen molar-refractivity contribution in [3.8, 4) is 0 Å². The maximum atomic E-state index is 12.4. The van der Waals surface area contributed by atoms with Gasteiger partial charge in [-0.3, -0.25) is 0 Å². The minimum atomic E-state index is -2.17. The molecule has 0 N–H and O–H groups in total. The van der Waals surface area contributed by atoms with Crippen molar-refractivity contribution in [3.05, 3.63) is 24.3 Å². The molecule has 13 heavy (non-hydrogen) atoms. The summed E-state index contributed by atoms with van der Waals surface area (Å²) < 4.78 is 27.8. The molecule has 0 saturated heterocycles. The minimum Gasteiger partial charge on any atom is -0.250 e. The van der Waals surface area contributed by atoms with Crippen LogP contribution in [0.4, 0.5) is 10.1 Å². The Labute approximate surface area is 77.2 Å². The van der Waals surface area contributed by atoms with E-state index in [9.17, 15) is 8.60 Å². The summed E-state index contributed by atoms with van der Waals surface area (Å²) in [5.74, 6) is -0.0808. The Hall–Kier alpha value is -0.970. The highest BCUT2D eigenvalue weighted by molar-refractivity contribution is 7.93. The summed E-state index contributed by atoms with van der Waals surface area (Å²) >= 11 is 0. The molecule has 0 saturated carbocycles. The van der Waals surface area contributed by atoms with Crippen molar-refractivity contribution in [1.29, 1.82) is 0 Å². The first-order chi connectivity index (χ1) is 6.03. The average Bonchev–Trinajstić information content (AvgIpc) is 2.09. The molecule has 5 heteroatoms. The van der Waals surface area contributed by atoms with Gasteiger partial charge in [0.1, 0.15) is 0 Å². The van der Waals surface area contributed by atoms with Gasteiger partial charge in [0.15, 0.2) is 0 Å². The summed E-state index contributed by atoms with van der Waals surface area (Å²) in [5, 5.41) is 0. The third-order valence-electron chi connectivity index (χ3n) is 1.55. The Morgan fingerprint density at radius 2 is 2.31 bits per heavy atom. The van der Waals surface area contributed by atoms with E-state index in [-0.39, 0.29) is 0 Å². The van der Waals surface area contributed by atoms with Gasteiger partial charge < -0.3 is 0 Å². The van der Waals surface area contributed by atoms with Crippen molar-refractivity contribution >= 4 is 15.4 Å². The molecule has 72 valence electrons. The van der Waals surface area contributed by atoms with E-state index in [1.54, 1.807) is 13.2 Å². The summed E-state index contributed by atoms with van der Waals surface area (Å²) in [4.78, 5) is 3.41. The maximum Gasteiger partial charge on any atom is 0.212 e. The van der Waals surface area contributed by atoms with Crippen LogP contribution in [0.3, 0.4) is 0 Å². The second-order valence-electron chi connectivity index (χ2n) is 2.68. The molecule has 0 amide bonds. The molecular weight excluding hydrogens is 191 g/mol. The maximum absolute atomic E-state index is 12.4. The molecule has 0 aliphatic heterocycles. The zero-order valence-electron chi connectivity index (χ0n) is 7.53. The van der Waals surface area contributed by atoms with E-state index >= 15 is 0 Å². The lowest BCUT2D eigenvalue weighted by atomic mass is 10.4. The van der Waals surface area contributed by atoms with Crippen LogP contribution < -0.4 is 0 Å². The van der Waals surface area contributed by atoms with Gasteiger partial charge in [0.25, 0.3) is 0 Å². The lowest BCUT2D eigenvalue weighted by Gasteiger charge is -1.98. The third-order valence-corrected chi connectivity index (χ3v) is 3.21. The normalized spacial score (nSPS) is 15.0. The van der Waals surface area contributed by atoms with Gasteiger partial charge in [0.05, 0.1) is 11.9 Å². The van der Waals surface area contributed by atoms with Gasteiger partial charge in [-0.15, -0.1) is 0 Å². The van der Waals surface area contributed by atoms with Crippen molar-refractivity contribution in [1.82, 2.24) is 4.98 Å². The summed E-state index contributed by atoms with van der Waals surface area (Å²) in [7, 11) is -2.17. The minimum absolute atomic E-state index is 0.454. The second kappa shape index (κ2) is 3.83. The summed E-state index contributed by atoms with van der Waals surface area (Å²) in [5.41, 5.74) is 0.454. The lowest BCUT2D eigenvalue weighted by Crippen LogP contribution is -1.97. The fraction of sp³-hybridized carbons (Fsp3) is 0.375. The van der Waals surface area contributed by atoms with Gasteiger partial charge in [0, 0.05) is 21.7 Å². The van der Waals surface area contributed by atoms with Crippen LogP contribution in [0.1, 0.15) is 6.92 Å². The predicted octanol–water partition coefficient (Wildman–Crippen LogP) is 1.97. The van der Waals surface area contributed by atoms with Crippen LogP contribution in [0.15, 0.2) is 22.7 Å². The Kier molecular flexibility index (Phi) is 2.98. The molecule has 1 aromatic rings. The number of nitrogens with zero attached hydrogens (tertiary/aromatic N) is 2. The van der Waals surface area contributed by atoms with E-state index in [1.165, 1.54) is 18.3 Å². The Balaban J connectivity index is 3.06. The van der Waals surface area contributed by atoms with Gasteiger partial charge in [-0.05, 0) is 12.1 Å². The monoisotopic (exact) mass is 202 g/mol. The van der Waals surface area contributed by atoms with Gasteiger partial charge in [-0.2, -0.15) is 8.75 Å². The lowest BCUT2D eigenvalue weighted by molar-refractivity contribution is 0.584. The second-order valence-corrected chi connectivity index (χ2v) is 5.36. The van der Waals surface area contributed by atoms with Crippen molar-refractivity contribution in [3.63, 3.8) is 0 Å². The summed E-state index contributed by atoms with van der Waals surface area (Å²) in [6.07, 6.45) is 2.84. The first-order valence-corrected chi connectivity index (χ1v) is 5.94. The standard InChI is InChI=1S/C8H11FN2OS/c1-3-13(2,12)11-7-4-5-8(9)10-6-7/h4-6H,3H2,1-2H3/t13-/m0/s1. The van der Waals surface area contributed by atoms with Crippen LogP contribution >= 0.6 is 0 Å². The Morgan fingerprint density at radius 3 is 2.77 bits per heavy atom.